The Balaban J connectivity index is 1.26. The van der Waals surface area contributed by atoms with Gasteiger partial charge in [-0.3, -0.25) is 4.98 Å². The molecule has 2 aromatic heterocycles. The van der Waals surface area contributed by atoms with E-state index in [-0.39, 0.29) is 0 Å². The van der Waals surface area contributed by atoms with Gasteiger partial charge in [0.1, 0.15) is 0 Å². The van der Waals surface area contributed by atoms with Gasteiger partial charge in [-0.1, -0.05) is 158 Å². The van der Waals surface area contributed by atoms with E-state index in [2.05, 4.69) is 204 Å². The molecule has 0 aliphatic carbocycles. The van der Waals surface area contributed by atoms with E-state index in [1.165, 1.54) is 87.7 Å². The summed E-state index contributed by atoms with van der Waals surface area (Å²) in [6.45, 7) is 0. The zero-order valence-electron chi connectivity index (χ0n) is 30.0. The molecule has 2 heteroatoms. The van der Waals surface area contributed by atoms with Crippen molar-refractivity contribution in [1.29, 1.82) is 0 Å². The summed E-state index contributed by atoms with van der Waals surface area (Å²) in [4.78, 5) is 4.62. The summed E-state index contributed by atoms with van der Waals surface area (Å²) in [6, 6.07) is 70.7. The third-order valence-electron chi connectivity index (χ3n) is 11.2. The van der Waals surface area contributed by atoms with Crippen LogP contribution in [0.15, 0.2) is 207 Å². The number of rotatable bonds is 5. The highest BCUT2D eigenvalue weighted by Gasteiger charge is 2.21. The standard InChI is InChI=1S/C53H34N2/c1-5-15-35(16-6-1)38-25-27-42-46(31-38)51(36-17-7-2-8-18-36)43-28-26-39(32-47(43)52(42)37-19-9-3-10-20-37)45-33-48-49-34-54-30-29-50(49)55(40-21-11-4-12-22-40)53(48)44-24-14-13-23-41(44)45/h1-34H. The van der Waals surface area contributed by atoms with Gasteiger partial charge in [-0.05, 0) is 108 Å². The lowest BCUT2D eigenvalue weighted by molar-refractivity contribution is 1.18. The van der Waals surface area contributed by atoms with Crippen molar-refractivity contribution in [3.05, 3.63) is 207 Å². The normalized spacial score (nSPS) is 11.6. The topological polar surface area (TPSA) is 17.8 Å². The average molecular weight is 699 g/mol. The molecule has 0 bridgehead atoms. The molecule has 0 saturated heterocycles. The molecule has 0 atom stereocenters. The Labute approximate surface area is 319 Å². The number of nitrogens with zero attached hydrogens (tertiary/aromatic N) is 2. The maximum atomic E-state index is 4.62. The Hall–Kier alpha value is -7.29. The molecule has 0 spiro atoms. The minimum atomic E-state index is 1.14. The fourth-order valence-electron chi connectivity index (χ4n) is 8.84. The van der Waals surface area contributed by atoms with Crippen LogP contribution in [0.5, 0.6) is 0 Å². The van der Waals surface area contributed by atoms with Crippen LogP contribution in [0.25, 0.3) is 104 Å². The van der Waals surface area contributed by atoms with Crippen molar-refractivity contribution >= 4 is 54.1 Å². The van der Waals surface area contributed by atoms with Crippen molar-refractivity contribution < 1.29 is 0 Å². The molecule has 0 radical (unpaired) electrons. The minimum Gasteiger partial charge on any atom is -0.309 e. The van der Waals surface area contributed by atoms with Crippen LogP contribution in [0.2, 0.25) is 0 Å². The van der Waals surface area contributed by atoms with Crippen LogP contribution in [0.4, 0.5) is 0 Å². The smallest absolute Gasteiger partial charge is 0.0620 e. The first-order chi connectivity index (χ1) is 27.3. The minimum absolute atomic E-state index is 1.14. The van der Waals surface area contributed by atoms with E-state index in [4.69, 9.17) is 0 Å². The van der Waals surface area contributed by atoms with Crippen molar-refractivity contribution in [2.24, 2.45) is 0 Å². The molecule has 9 aromatic carbocycles. The SMILES string of the molecule is c1ccc(-c2ccc3c(-c4ccccc4)c4cc(-c5cc6c7cnccc7n(-c7ccccc7)c6c6ccccc56)ccc4c(-c4ccccc4)c3c2)cc1. The highest BCUT2D eigenvalue weighted by molar-refractivity contribution is 6.25. The van der Waals surface area contributed by atoms with E-state index < -0.39 is 0 Å². The molecule has 0 fully saturated rings. The summed E-state index contributed by atoms with van der Waals surface area (Å²) in [6.07, 6.45) is 3.92. The first-order valence-corrected chi connectivity index (χ1v) is 18.9. The number of para-hydroxylation sites is 1. The number of pyridine rings is 1. The lowest BCUT2D eigenvalue weighted by Crippen LogP contribution is -1.95. The Morgan fingerprint density at radius 3 is 1.49 bits per heavy atom. The summed E-state index contributed by atoms with van der Waals surface area (Å²) < 4.78 is 2.40. The molecule has 0 N–H and O–H groups in total. The van der Waals surface area contributed by atoms with Crippen LogP contribution in [0, 0.1) is 0 Å². The van der Waals surface area contributed by atoms with Gasteiger partial charge in [0, 0.05) is 34.2 Å². The Bertz CT molecular complexity index is 3220. The third-order valence-corrected chi connectivity index (χ3v) is 11.2. The number of benzene rings is 9. The second kappa shape index (κ2) is 12.7. The van der Waals surface area contributed by atoms with E-state index in [0.29, 0.717) is 0 Å². The third kappa shape index (κ3) is 5.00. The van der Waals surface area contributed by atoms with Crippen molar-refractivity contribution in [2.45, 2.75) is 0 Å². The molecule has 0 aliphatic rings. The van der Waals surface area contributed by atoms with Gasteiger partial charge in [0.2, 0.25) is 0 Å². The molecular formula is C53H34N2. The number of hydrogen-bond acceptors (Lipinski definition) is 1. The lowest BCUT2D eigenvalue weighted by Gasteiger charge is -2.20. The van der Waals surface area contributed by atoms with Crippen molar-refractivity contribution in [2.75, 3.05) is 0 Å². The van der Waals surface area contributed by atoms with Crippen LogP contribution in [-0.4, -0.2) is 9.55 Å². The predicted molar refractivity (Wildman–Crippen MR) is 233 cm³/mol. The fourth-order valence-corrected chi connectivity index (χ4v) is 8.84. The zero-order valence-corrected chi connectivity index (χ0v) is 30.0. The molecule has 11 aromatic rings. The number of fused-ring (bicyclic) bond motifs is 7. The molecule has 2 nitrogen and oxygen atoms in total. The van der Waals surface area contributed by atoms with Crippen LogP contribution in [-0.2, 0) is 0 Å². The molecule has 55 heavy (non-hydrogen) atoms. The molecule has 0 saturated carbocycles. The number of hydrogen-bond donors (Lipinski definition) is 0. The summed E-state index contributed by atoms with van der Waals surface area (Å²) in [5.41, 5.74) is 13.2. The van der Waals surface area contributed by atoms with Gasteiger partial charge >= 0.3 is 0 Å². The van der Waals surface area contributed by atoms with Gasteiger partial charge in [-0.25, -0.2) is 0 Å². The number of aromatic nitrogens is 2. The van der Waals surface area contributed by atoms with Crippen molar-refractivity contribution in [3.8, 4) is 50.2 Å². The Morgan fingerprint density at radius 2 is 0.855 bits per heavy atom. The summed E-state index contributed by atoms with van der Waals surface area (Å²) in [7, 11) is 0. The monoisotopic (exact) mass is 698 g/mol. The van der Waals surface area contributed by atoms with Crippen LogP contribution >= 0.6 is 0 Å². The predicted octanol–water partition coefficient (Wildman–Crippen LogP) is 14.3. The molecule has 11 rings (SSSR count). The maximum absolute atomic E-state index is 4.62. The second-order valence-electron chi connectivity index (χ2n) is 14.3. The summed E-state index contributed by atoms with van der Waals surface area (Å²) in [5, 5.41) is 9.75. The molecule has 0 amide bonds. The van der Waals surface area contributed by atoms with E-state index in [1.807, 2.05) is 12.4 Å². The van der Waals surface area contributed by atoms with Gasteiger partial charge in [0.05, 0.1) is 11.0 Å². The lowest BCUT2D eigenvalue weighted by atomic mass is 9.83. The van der Waals surface area contributed by atoms with E-state index >= 15 is 0 Å². The average Bonchev–Trinajstić information content (AvgIpc) is 3.60. The van der Waals surface area contributed by atoms with Crippen molar-refractivity contribution in [3.63, 3.8) is 0 Å². The molecular weight excluding hydrogens is 665 g/mol. The molecule has 0 unspecified atom stereocenters. The molecule has 0 aliphatic heterocycles. The summed E-state index contributed by atoms with van der Waals surface area (Å²) >= 11 is 0. The van der Waals surface area contributed by atoms with E-state index in [1.54, 1.807) is 0 Å². The Morgan fingerprint density at radius 1 is 0.327 bits per heavy atom. The fraction of sp³-hybridized carbons (Fsp3) is 0. The zero-order chi connectivity index (χ0) is 36.3. The highest BCUT2D eigenvalue weighted by atomic mass is 15.0. The van der Waals surface area contributed by atoms with E-state index in [0.717, 1.165) is 16.6 Å². The van der Waals surface area contributed by atoms with Crippen LogP contribution in [0.1, 0.15) is 0 Å². The highest BCUT2D eigenvalue weighted by Crippen LogP contribution is 2.47. The van der Waals surface area contributed by atoms with Gasteiger partial charge in [0.15, 0.2) is 0 Å². The quantitative estimate of drug-likeness (QED) is 0.164. The molecule has 2 heterocycles. The van der Waals surface area contributed by atoms with Crippen LogP contribution < -0.4 is 0 Å². The summed E-state index contributed by atoms with van der Waals surface area (Å²) in [5.74, 6) is 0. The molecule has 256 valence electrons. The second-order valence-corrected chi connectivity index (χ2v) is 14.3. The van der Waals surface area contributed by atoms with Gasteiger partial charge < -0.3 is 4.57 Å². The van der Waals surface area contributed by atoms with E-state index in [9.17, 15) is 0 Å². The van der Waals surface area contributed by atoms with Gasteiger partial charge in [0.25, 0.3) is 0 Å². The maximum Gasteiger partial charge on any atom is 0.0620 e. The Kier molecular flexibility index (Phi) is 7.21. The van der Waals surface area contributed by atoms with Crippen molar-refractivity contribution in [1.82, 2.24) is 9.55 Å². The van der Waals surface area contributed by atoms with Gasteiger partial charge in [-0.15, -0.1) is 0 Å². The first kappa shape index (κ1) is 31.3. The van der Waals surface area contributed by atoms with Gasteiger partial charge in [-0.2, -0.15) is 0 Å². The largest absolute Gasteiger partial charge is 0.309 e. The first-order valence-electron chi connectivity index (χ1n) is 18.9. The van der Waals surface area contributed by atoms with Crippen LogP contribution in [0.3, 0.4) is 0 Å².